The highest BCUT2D eigenvalue weighted by molar-refractivity contribution is 7.92. The Morgan fingerprint density at radius 3 is 2.49 bits per heavy atom. The van der Waals surface area contributed by atoms with Gasteiger partial charge < -0.3 is 19.5 Å². The number of fused-ring (bicyclic) bond motifs is 2. The van der Waals surface area contributed by atoms with Crippen molar-refractivity contribution in [3.8, 4) is 39.6 Å². The van der Waals surface area contributed by atoms with Crippen molar-refractivity contribution < 1.29 is 22.4 Å². The first kappa shape index (κ1) is 28.0. The van der Waals surface area contributed by atoms with Gasteiger partial charge in [0.1, 0.15) is 17.1 Å². The molecule has 0 aliphatic heterocycles. The molecule has 0 bridgehead atoms. The van der Waals surface area contributed by atoms with Gasteiger partial charge in [0.25, 0.3) is 5.91 Å². The van der Waals surface area contributed by atoms with E-state index in [4.69, 9.17) is 9.15 Å². The third kappa shape index (κ3) is 4.97. The van der Waals surface area contributed by atoms with Crippen molar-refractivity contribution in [1.29, 1.82) is 0 Å². The topological polar surface area (TPSA) is 130 Å². The summed E-state index contributed by atoms with van der Waals surface area (Å²) in [4.78, 5) is 16.6. The number of aryl methyl sites for hydroxylation is 1. The Kier molecular flexibility index (Phi) is 6.89. The van der Waals surface area contributed by atoms with E-state index in [1.807, 2.05) is 61.5 Å². The average Bonchev–Trinajstić information content (AvgIpc) is 3.61. The molecule has 0 aliphatic carbocycles. The van der Waals surface area contributed by atoms with Gasteiger partial charge in [0.15, 0.2) is 0 Å². The van der Waals surface area contributed by atoms with Crippen LogP contribution in [0.2, 0.25) is 0 Å². The number of nitrogens with zero attached hydrogens (tertiary/aromatic N) is 3. The summed E-state index contributed by atoms with van der Waals surface area (Å²) >= 11 is 0. The van der Waals surface area contributed by atoms with Crippen molar-refractivity contribution in [3.05, 3.63) is 84.1 Å². The highest BCUT2D eigenvalue weighted by Crippen LogP contribution is 2.41. The fourth-order valence-corrected chi connectivity index (χ4v) is 5.65. The molecule has 10 nitrogen and oxygen atoms in total. The van der Waals surface area contributed by atoms with E-state index in [2.05, 4.69) is 20.5 Å². The molecule has 0 unspecified atom stereocenters. The van der Waals surface area contributed by atoms with Gasteiger partial charge in [-0.3, -0.25) is 9.10 Å². The lowest BCUT2D eigenvalue weighted by Crippen LogP contribution is -2.25. The number of carbonyl (C=O) groups excluding carboxylic acids is 1. The Bertz CT molecular complexity index is 2130. The Hall–Kier alpha value is -5.16. The zero-order valence-electron chi connectivity index (χ0n) is 24.2. The molecule has 0 atom stereocenters. The Morgan fingerprint density at radius 1 is 1.02 bits per heavy atom. The van der Waals surface area contributed by atoms with Crippen LogP contribution in [0.5, 0.6) is 5.75 Å². The lowest BCUT2D eigenvalue weighted by atomic mass is 10.00. The minimum Gasteiger partial charge on any atom is -0.496 e. The number of sulfonamides is 1. The third-order valence-corrected chi connectivity index (χ3v) is 8.69. The molecule has 6 rings (SSSR count). The van der Waals surface area contributed by atoms with Crippen molar-refractivity contribution in [3.63, 3.8) is 0 Å². The molecule has 3 aromatic heterocycles. The molecule has 3 heterocycles. The fourth-order valence-electron chi connectivity index (χ4n) is 5.14. The molecule has 2 N–H and O–H groups in total. The second-order valence-electron chi connectivity index (χ2n) is 10.3. The van der Waals surface area contributed by atoms with Gasteiger partial charge >= 0.3 is 0 Å². The molecule has 43 heavy (non-hydrogen) atoms. The number of methoxy groups -OCH3 is 1. The number of aromatic nitrogens is 3. The van der Waals surface area contributed by atoms with Crippen LogP contribution >= 0.6 is 0 Å². The third-order valence-electron chi connectivity index (χ3n) is 7.50. The van der Waals surface area contributed by atoms with Gasteiger partial charge in [0.05, 0.1) is 36.5 Å². The summed E-state index contributed by atoms with van der Waals surface area (Å²) in [6.45, 7) is 1.98. The lowest BCUT2D eigenvalue weighted by molar-refractivity contribution is 0.0964. The number of carbonyl (C=O) groups is 1. The maximum Gasteiger partial charge on any atom is 0.255 e. The summed E-state index contributed by atoms with van der Waals surface area (Å²) in [6.07, 6.45) is 2.75. The molecule has 3 aromatic carbocycles. The second kappa shape index (κ2) is 10.6. The summed E-state index contributed by atoms with van der Waals surface area (Å²) in [5.41, 5.74) is 6.08. The molecule has 0 spiro atoms. The first-order valence-corrected chi connectivity index (χ1v) is 15.3. The Balaban J connectivity index is 1.59. The van der Waals surface area contributed by atoms with E-state index in [1.54, 1.807) is 32.5 Å². The van der Waals surface area contributed by atoms with Gasteiger partial charge in [0.2, 0.25) is 10.0 Å². The molecular weight excluding hydrogens is 566 g/mol. The summed E-state index contributed by atoms with van der Waals surface area (Å²) < 4.78 is 38.4. The Morgan fingerprint density at radius 2 is 1.79 bits per heavy atom. The quantitative estimate of drug-likeness (QED) is 0.239. The molecule has 6 aromatic rings. The van der Waals surface area contributed by atoms with Gasteiger partial charge in [-0.15, -0.1) is 0 Å². The van der Waals surface area contributed by atoms with Crippen molar-refractivity contribution in [2.45, 2.75) is 6.92 Å². The minimum atomic E-state index is -3.68. The molecular formula is C32H29N5O5S. The normalized spacial score (nSPS) is 11.7. The van der Waals surface area contributed by atoms with Crippen molar-refractivity contribution in [1.82, 2.24) is 20.5 Å². The van der Waals surface area contributed by atoms with E-state index in [0.717, 1.165) is 49.6 Å². The number of anilines is 1. The van der Waals surface area contributed by atoms with E-state index < -0.39 is 10.0 Å². The summed E-state index contributed by atoms with van der Waals surface area (Å²) in [7, 11) is 0.958. The van der Waals surface area contributed by atoms with Crippen LogP contribution in [0.4, 0.5) is 5.69 Å². The molecule has 0 saturated carbocycles. The average molecular weight is 596 g/mol. The number of aromatic amines is 1. The molecule has 0 saturated heterocycles. The van der Waals surface area contributed by atoms with Crippen LogP contribution in [-0.2, 0) is 10.0 Å². The predicted molar refractivity (Wildman–Crippen MR) is 168 cm³/mol. The fraction of sp³-hybridized carbons (Fsp3) is 0.156. The SMILES string of the molecule is CNC(=O)c1c(-c2ccc(C)cc2)oc2cc(N(C)S(C)(=O)=O)c(-c3cc(-c4cc5c(OC)cccc5[nH]4)cnn3)cc12. The maximum atomic E-state index is 13.2. The summed E-state index contributed by atoms with van der Waals surface area (Å²) in [6, 6.07) is 20.5. The largest absolute Gasteiger partial charge is 0.496 e. The van der Waals surface area contributed by atoms with Gasteiger partial charge in [0, 0.05) is 58.8 Å². The predicted octanol–water partition coefficient (Wildman–Crippen LogP) is 5.78. The van der Waals surface area contributed by atoms with Gasteiger partial charge in [-0.05, 0) is 37.3 Å². The van der Waals surface area contributed by atoms with Crippen LogP contribution in [0.1, 0.15) is 15.9 Å². The van der Waals surface area contributed by atoms with Crippen LogP contribution in [0.25, 0.3) is 55.7 Å². The smallest absolute Gasteiger partial charge is 0.255 e. The van der Waals surface area contributed by atoms with Crippen molar-refractivity contribution in [2.75, 3.05) is 31.8 Å². The van der Waals surface area contributed by atoms with E-state index in [1.165, 1.54) is 7.05 Å². The van der Waals surface area contributed by atoms with Crippen molar-refractivity contribution in [2.24, 2.45) is 0 Å². The van der Waals surface area contributed by atoms with Crippen LogP contribution in [0.3, 0.4) is 0 Å². The number of hydrogen-bond acceptors (Lipinski definition) is 7. The molecule has 1 amide bonds. The van der Waals surface area contributed by atoms with E-state index in [-0.39, 0.29) is 5.91 Å². The maximum absolute atomic E-state index is 13.2. The van der Waals surface area contributed by atoms with Crippen molar-refractivity contribution >= 4 is 43.5 Å². The highest BCUT2D eigenvalue weighted by Gasteiger charge is 2.26. The molecule has 218 valence electrons. The standard InChI is InChI=1S/C32H29N5O5S/c1-18-9-11-19(12-10-18)31-30(32(38)33-2)23-14-21(27(16-29(23)42-31)37(3)43(5,39)40)26-13-20(17-34-36-26)25-15-22-24(35-25)7-6-8-28(22)41-4/h6-17,35H,1-5H3,(H,33,38). The highest BCUT2D eigenvalue weighted by atomic mass is 32.2. The summed E-state index contributed by atoms with van der Waals surface area (Å²) in [5.74, 6) is 0.776. The van der Waals surface area contributed by atoms with E-state index >= 15 is 0 Å². The molecule has 11 heteroatoms. The second-order valence-corrected chi connectivity index (χ2v) is 12.3. The number of nitrogens with one attached hydrogen (secondary N) is 2. The minimum absolute atomic E-state index is 0.326. The zero-order chi connectivity index (χ0) is 30.5. The van der Waals surface area contributed by atoms with Gasteiger partial charge in [-0.2, -0.15) is 10.2 Å². The van der Waals surface area contributed by atoms with Crippen LogP contribution in [0.15, 0.2) is 77.3 Å². The van der Waals surface area contributed by atoms with Gasteiger partial charge in [-0.1, -0.05) is 35.9 Å². The number of ether oxygens (including phenoxy) is 1. The van der Waals surface area contributed by atoms with Crippen LogP contribution in [-0.4, -0.2) is 57.0 Å². The number of hydrogen-bond donors (Lipinski definition) is 2. The number of furan rings is 1. The first-order chi connectivity index (χ1) is 20.6. The monoisotopic (exact) mass is 595 g/mol. The summed E-state index contributed by atoms with van der Waals surface area (Å²) in [5, 5.41) is 12.8. The lowest BCUT2D eigenvalue weighted by Gasteiger charge is -2.20. The van der Waals surface area contributed by atoms with Crippen LogP contribution in [0, 0.1) is 6.92 Å². The number of H-pyrrole nitrogens is 1. The van der Waals surface area contributed by atoms with E-state index in [9.17, 15) is 13.2 Å². The number of rotatable bonds is 7. The first-order valence-electron chi connectivity index (χ1n) is 13.4. The van der Waals surface area contributed by atoms with Gasteiger partial charge in [-0.25, -0.2) is 8.42 Å². The Labute approximate surface area is 248 Å². The van der Waals surface area contributed by atoms with E-state index in [0.29, 0.717) is 39.2 Å². The molecule has 0 radical (unpaired) electrons. The molecule has 0 aliphatic rings. The number of benzene rings is 3. The van der Waals surface area contributed by atoms with Crippen LogP contribution < -0.4 is 14.4 Å². The zero-order valence-corrected chi connectivity index (χ0v) is 25.0. The molecule has 0 fully saturated rings. The number of amides is 1.